The number of carbonyl (C=O) groups excluding carboxylic acids is 2. The minimum absolute atomic E-state index is 0.0194. The van der Waals surface area contributed by atoms with Gasteiger partial charge in [-0.2, -0.15) is 0 Å². The maximum absolute atomic E-state index is 14.1. The fourth-order valence-electron chi connectivity index (χ4n) is 4.24. The molecular formula is C31H29N7O3. The van der Waals surface area contributed by atoms with Gasteiger partial charge in [0.1, 0.15) is 17.2 Å². The summed E-state index contributed by atoms with van der Waals surface area (Å²) in [6.07, 6.45) is 4.51. The molecule has 0 spiro atoms. The van der Waals surface area contributed by atoms with E-state index in [-0.39, 0.29) is 29.4 Å². The molecule has 2 amide bonds. The average molecular weight is 548 g/mol. The number of aliphatic imine (C=N–C) groups is 1. The van der Waals surface area contributed by atoms with Gasteiger partial charge >= 0.3 is 0 Å². The largest absolute Gasteiger partial charge is 0.383 e. The molecule has 10 nitrogen and oxygen atoms in total. The van der Waals surface area contributed by atoms with Gasteiger partial charge in [0.15, 0.2) is 0 Å². The monoisotopic (exact) mass is 547 g/mol. The van der Waals surface area contributed by atoms with Gasteiger partial charge < -0.3 is 16.4 Å². The van der Waals surface area contributed by atoms with Gasteiger partial charge in [-0.1, -0.05) is 48.8 Å². The molecule has 2 aromatic heterocycles. The third-order valence-corrected chi connectivity index (χ3v) is 6.12. The van der Waals surface area contributed by atoms with E-state index < -0.39 is 11.9 Å². The van der Waals surface area contributed by atoms with Crippen molar-refractivity contribution in [3.8, 4) is 17.5 Å². The van der Waals surface area contributed by atoms with Crippen molar-refractivity contribution in [2.45, 2.75) is 26.8 Å². The lowest BCUT2D eigenvalue weighted by atomic mass is 10.1. The van der Waals surface area contributed by atoms with Crippen LogP contribution >= 0.6 is 0 Å². The molecule has 4 N–H and O–H groups in total. The molecule has 0 aliphatic carbocycles. The predicted octanol–water partition coefficient (Wildman–Crippen LogP) is 3.54. The summed E-state index contributed by atoms with van der Waals surface area (Å²) in [6, 6.07) is 13.5. The number of hydrogen-bond donors (Lipinski definition) is 3. The highest BCUT2D eigenvalue weighted by atomic mass is 16.2. The molecule has 1 atom stereocenters. The Bertz CT molecular complexity index is 1800. The first-order valence-electron chi connectivity index (χ1n) is 12.8. The number of carbonyl (C=O) groups is 2. The van der Waals surface area contributed by atoms with Crippen LogP contribution in [0.5, 0.6) is 0 Å². The van der Waals surface area contributed by atoms with Crippen LogP contribution in [0.4, 0.5) is 11.5 Å². The molecule has 0 saturated carbocycles. The second-order valence-corrected chi connectivity index (χ2v) is 9.12. The molecule has 4 rings (SSSR count). The molecule has 0 radical (unpaired) electrons. The zero-order valence-electron chi connectivity index (χ0n) is 22.9. The highest BCUT2D eigenvalue weighted by Gasteiger charge is 2.24. The Kier molecular flexibility index (Phi) is 8.69. The van der Waals surface area contributed by atoms with Crippen LogP contribution in [0.15, 0.2) is 77.2 Å². The van der Waals surface area contributed by atoms with Crippen molar-refractivity contribution < 1.29 is 9.59 Å². The predicted molar refractivity (Wildman–Crippen MR) is 161 cm³/mol. The molecule has 10 heteroatoms. The van der Waals surface area contributed by atoms with Crippen molar-refractivity contribution in [1.82, 2.24) is 25.2 Å². The topological polar surface area (TPSA) is 144 Å². The fourth-order valence-corrected chi connectivity index (χ4v) is 4.24. The lowest BCUT2D eigenvalue weighted by Gasteiger charge is -2.21. The van der Waals surface area contributed by atoms with Crippen LogP contribution in [0.2, 0.25) is 0 Å². The van der Waals surface area contributed by atoms with E-state index in [1.54, 1.807) is 62.5 Å². The van der Waals surface area contributed by atoms with Crippen LogP contribution in [-0.2, 0) is 4.79 Å². The molecule has 0 bridgehead atoms. The Morgan fingerprint density at radius 2 is 1.95 bits per heavy atom. The SMILES string of the molecule is C=CC=Nc1c(C)cnc(N)c1C(=O)N[C@H](C)c1nc2cccc(C#CCNC(C)=O)c2c(=O)n1-c1ccccc1. The first-order valence-corrected chi connectivity index (χ1v) is 12.8. The zero-order chi connectivity index (χ0) is 29.5. The van der Waals surface area contributed by atoms with Gasteiger partial charge in [-0.05, 0) is 43.7 Å². The molecule has 41 heavy (non-hydrogen) atoms. The molecule has 0 saturated heterocycles. The smallest absolute Gasteiger partial charge is 0.267 e. The summed E-state index contributed by atoms with van der Waals surface area (Å²) < 4.78 is 1.46. The van der Waals surface area contributed by atoms with Gasteiger partial charge in [-0.3, -0.25) is 23.9 Å². The third kappa shape index (κ3) is 6.20. The van der Waals surface area contributed by atoms with Crippen molar-refractivity contribution in [2.75, 3.05) is 12.3 Å². The Balaban J connectivity index is 1.84. The number of benzene rings is 2. The highest BCUT2D eigenvalue weighted by molar-refractivity contribution is 6.04. The van der Waals surface area contributed by atoms with Crippen LogP contribution < -0.4 is 21.9 Å². The van der Waals surface area contributed by atoms with E-state index in [1.807, 2.05) is 6.07 Å². The molecule has 0 unspecified atom stereocenters. The number of nitrogens with one attached hydrogen (secondary N) is 2. The summed E-state index contributed by atoms with van der Waals surface area (Å²) in [5.41, 5.74) is 8.35. The van der Waals surface area contributed by atoms with E-state index in [0.29, 0.717) is 39.2 Å². The lowest BCUT2D eigenvalue weighted by molar-refractivity contribution is -0.118. The summed E-state index contributed by atoms with van der Waals surface area (Å²) >= 11 is 0. The van der Waals surface area contributed by atoms with E-state index in [2.05, 4.69) is 39.0 Å². The summed E-state index contributed by atoms with van der Waals surface area (Å²) in [5, 5.41) is 5.85. The number of allylic oxidation sites excluding steroid dienone is 1. The summed E-state index contributed by atoms with van der Waals surface area (Å²) in [6.45, 7) is 8.69. The van der Waals surface area contributed by atoms with Gasteiger partial charge in [0, 0.05) is 24.9 Å². The average Bonchev–Trinajstić information content (AvgIpc) is 2.95. The van der Waals surface area contributed by atoms with Gasteiger partial charge in [0.25, 0.3) is 11.5 Å². The van der Waals surface area contributed by atoms with E-state index in [9.17, 15) is 14.4 Å². The van der Waals surface area contributed by atoms with Crippen molar-refractivity contribution in [3.63, 3.8) is 0 Å². The first-order chi connectivity index (χ1) is 19.7. The maximum Gasteiger partial charge on any atom is 0.267 e. The van der Waals surface area contributed by atoms with Crippen LogP contribution in [0.3, 0.4) is 0 Å². The van der Waals surface area contributed by atoms with Crippen LogP contribution in [0, 0.1) is 18.8 Å². The van der Waals surface area contributed by atoms with E-state index in [1.165, 1.54) is 23.8 Å². The van der Waals surface area contributed by atoms with E-state index in [4.69, 9.17) is 10.7 Å². The van der Waals surface area contributed by atoms with Gasteiger partial charge in [0.2, 0.25) is 5.91 Å². The molecule has 0 aliphatic heterocycles. The number of aromatic nitrogens is 3. The number of pyridine rings is 1. The van der Waals surface area contributed by atoms with E-state index in [0.717, 1.165) is 0 Å². The molecule has 2 heterocycles. The normalized spacial score (nSPS) is 11.5. The summed E-state index contributed by atoms with van der Waals surface area (Å²) in [4.78, 5) is 52.1. The van der Waals surface area contributed by atoms with Gasteiger partial charge in [-0.15, -0.1) is 0 Å². The number of nitrogen functional groups attached to an aromatic ring is 1. The van der Waals surface area contributed by atoms with Crippen molar-refractivity contribution >= 4 is 40.4 Å². The second-order valence-electron chi connectivity index (χ2n) is 9.12. The maximum atomic E-state index is 14.1. The van der Waals surface area contributed by atoms with Gasteiger partial charge in [0.05, 0.1) is 34.9 Å². The Morgan fingerprint density at radius 1 is 1.20 bits per heavy atom. The van der Waals surface area contributed by atoms with Crippen molar-refractivity contribution in [1.29, 1.82) is 0 Å². The molecular weight excluding hydrogens is 518 g/mol. The third-order valence-electron chi connectivity index (χ3n) is 6.12. The number of nitrogens with zero attached hydrogens (tertiary/aromatic N) is 4. The number of rotatable bonds is 7. The standard InChI is InChI=1S/C31H29N7O3/c1-5-16-34-27-19(2)18-35-28(32)26(27)30(40)36-20(3)29-37-24-15-9-11-22(12-10-17-33-21(4)39)25(24)31(41)38(29)23-13-7-6-8-14-23/h5-9,11,13-16,18,20H,1,17H2,2-4H3,(H2,32,35)(H,33,39)(H,36,40)/t20-/m1/s1. The molecule has 2 aromatic carbocycles. The Morgan fingerprint density at radius 3 is 2.66 bits per heavy atom. The second kappa shape index (κ2) is 12.5. The van der Waals surface area contributed by atoms with Crippen molar-refractivity contribution in [2.24, 2.45) is 4.99 Å². The minimum atomic E-state index is -0.731. The summed E-state index contributed by atoms with van der Waals surface area (Å²) in [5.74, 6) is 5.45. The Hall–Kier alpha value is -5.56. The van der Waals surface area contributed by atoms with E-state index >= 15 is 0 Å². The number of nitrogens with two attached hydrogens (primary N) is 1. The van der Waals surface area contributed by atoms with Crippen molar-refractivity contribution in [3.05, 3.63) is 100 Å². The number of amides is 2. The molecule has 4 aromatic rings. The quantitative estimate of drug-likeness (QED) is 0.238. The lowest BCUT2D eigenvalue weighted by Crippen LogP contribution is -2.34. The van der Waals surface area contributed by atoms with Crippen LogP contribution in [-0.4, -0.2) is 39.1 Å². The number of hydrogen-bond acceptors (Lipinski definition) is 7. The Labute approximate surface area is 237 Å². The molecule has 206 valence electrons. The van der Waals surface area contributed by atoms with Crippen LogP contribution in [0.25, 0.3) is 16.6 Å². The van der Waals surface area contributed by atoms with Crippen LogP contribution in [0.1, 0.15) is 47.2 Å². The number of anilines is 1. The fraction of sp³-hybridized carbons (Fsp3) is 0.161. The highest BCUT2D eigenvalue weighted by Crippen LogP contribution is 2.28. The number of para-hydroxylation sites is 1. The minimum Gasteiger partial charge on any atom is -0.383 e. The number of fused-ring (bicyclic) bond motifs is 1. The molecule has 0 aliphatic rings. The number of aryl methyl sites for hydroxylation is 1. The summed E-state index contributed by atoms with van der Waals surface area (Å²) in [7, 11) is 0. The van der Waals surface area contributed by atoms with Gasteiger partial charge in [-0.25, -0.2) is 9.97 Å². The zero-order valence-corrected chi connectivity index (χ0v) is 22.9. The molecule has 0 fully saturated rings. The first kappa shape index (κ1) is 28.4.